The number of aromatic nitrogens is 3. The molecule has 2 heterocycles. The monoisotopic (exact) mass is 404 g/mol. The number of rotatable bonds is 7. The smallest absolute Gasteiger partial charge is 0.190 e. The number of halogens is 1. The first kappa shape index (κ1) is 17.5. The van der Waals surface area contributed by atoms with E-state index in [1.165, 1.54) is 0 Å². The zero-order valence-electron chi connectivity index (χ0n) is 12.0. The van der Waals surface area contributed by atoms with Crippen molar-refractivity contribution < 1.29 is 4.42 Å². The third-order valence-corrected chi connectivity index (χ3v) is 2.80. The normalized spacial score (nSPS) is 11.0. The van der Waals surface area contributed by atoms with Gasteiger partial charge in [0.1, 0.15) is 5.76 Å². The standard InChI is InChI=1S/C13H20N6O.HI/c1-14-13(16-7-5-12-4-2-11-20-12)15-6-3-9-19-10-8-17-18-19;/h2,4,8,10-11H,3,5-7,9H2,1H3,(H2,14,15,16);1H. The van der Waals surface area contributed by atoms with Gasteiger partial charge in [-0.15, -0.1) is 29.1 Å². The second-order valence-electron chi connectivity index (χ2n) is 4.27. The molecule has 2 aromatic rings. The molecule has 7 nitrogen and oxygen atoms in total. The molecule has 0 aliphatic carbocycles. The Bertz CT molecular complexity index is 497. The van der Waals surface area contributed by atoms with E-state index < -0.39 is 0 Å². The minimum atomic E-state index is 0. The summed E-state index contributed by atoms with van der Waals surface area (Å²) in [6, 6.07) is 3.86. The number of hydrogen-bond acceptors (Lipinski definition) is 4. The maximum absolute atomic E-state index is 5.27. The fourth-order valence-corrected chi connectivity index (χ4v) is 1.78. The molecule has 2 aromatic heterocycles. The summed E-state index contributed by atoms with van der Waals surface area (Å²) in [5, 5.41) is 14.2. The van der Waals surface area contributed by atoms with Crippen LogP contribution in [-0.4, -0.2) is 41.1 Å². The van der Waals surface area contributed by atoms with Gasteiger partial charge < -0.3 is 15.1 Å². The molecule has 2 rings (SSSR count). The van der Waals surface area contributed by atoms with E-state index >= 15 is 0 Å². The molecule has 0 unspecified atom stereocenters. The lowest BCUT2D eigenvalue weighted by molar-refractivity contribution is 0.506. The first-order chi connectivity index (χ1) is 9.88. The highest BCUT2D eigenvalue weighted by atomic mass is 127. The largest absolute Gasteiger partial charge is 0.469 e. The summed E-state index contributed by atoms with van der Waals surface area (Å²) >= 11 is 0. The zero-order chi connectivity index (χ0) is 14.0. The molecule has 0 aromatic carbocycles. The molecule has 0 radical (unpaired) electrons. The zero-order valence-corrected chi connectivity index (χ0v) is 14.4. The van der Waals surface area contributed by atoms with Crippen LogP contribution in [-0.2, 0) is 13.0 Å². The van der Waals surface area contributed by atoms with Crippen molar-refractivity contribution in [1.82, 2.24) is 25.6 Å². The molecule has 8 heteroatoms. The van der Waals surface area contributed by atoms with Gasteiger partial charge in [0.2, 0.25) is 0 Å². The predicted molar refractivity (Wildman–Crippen MR) is 91.8 cm³/mol. The molecule has 0 fully saturated rings. The highest BCUT2D eigenvalue weighted by Crippen LogP contribution is 1.99. The summed E-state index contributed by atoms with van der Waals surface area (Å²) in [4.78, 5) is 4.17. The SMILES string of the molecule is CN=C(NCCCn1ccnn1)NCCc1ccco1.I. The van der Waals surface area contributed by atoms with E-state index in [9.17, 15) is 0 Å². The average molecular weight is 404 g/mol. The molecule has 0 amide bonds. The maximum atomic E-state index is 5.27. The minimum absolute atomic E-state index is 0. The molecular weight excluding hydrogens is 383 g/mol. The molecular formula is C13H21IN6O. The first-order valence-corrected chi connectivity index (χ1v) is 6.69. The van der Waals surface area contributed by atoms with E-state index in [1.807, 2.05) is 23.0 Å². The Balaban J connectivity index is 0.00000220. The fourth-order valence-electron chi connectivity index (χ4n) is 1.78. The average Bonchev–Trinajstić information content (AvgIpc) is 3.14. The molecule has 0 saturated heterocycles. The Kier molecular flexibility index (Phi) is 8.48. The van der Waals surface area contributed by atoms with Crippen molar-refractivity contribution in [1.29, 1.82) is 0 Å². The van der Waals surface area contributed by atoms with Gasteiger partial charge in [0.05, 0.1) is 12.5 Å². The van der Waals surface area contributed by atoms with Crippen molar-refractivity contribution >= 4 is 29.9 Å². The van der Waals surface area contributed by atoms with Crippen molar-refractivity contribution in [2.75, 3.05) is 20.1 Å². The van der Waals surface area contributed by atoms with Gasteiger partial charge in [-0.2, -0.15) is 0 Å². The fraction of sp³-hybridized carbons (Fsp3) is 0.462. The summed E-state index contributed by atoms with van der Waals surface area (Å²) in [6.45, 7) is 2.47. The van der Waals surface area contributed by atoms with Crippen molar-refractivity contribution in [3.05, 3.63) is 36.5 Å². The third-order valence-electron chi connectivity index (χ3n) is 2.80. The van der Waals surface area contributed by atoms with Crippen LogP contribution in [0.2, 0.25) is 0 Å². The number of aryl methyl sites for hydroxylation is 1. The van der Waals surface area contributed by atoms with E-state index in [0.29, 0.717) is 0 Å². The summed E-state index contributed by atoms with van der Waals surface area (Å²) < 4.78 is 7.09. The van der Waals surface area contributed by atoms with E-state index in [4.69, 9.17) is 4.42 Å². The van der Waals surface area contributed by atoms with Crippen LogP contribution in [0.5, 0.6) is 0 Å². The second-order valence-corrected chi connectivity index (χ2v) is 4.27. The molecule has 0 aliphatic rings. The van der Waals surface area contributed by atoms with E-state index in [0.717, 1.165) is 44.2 Å². The number of aliphatic imine (C=N–C) groups is 1. The van der Waals surface area contributed by atoms with Crippen LogP contribution >= 0.6 is 24.0 Å². The Morgan fingerprint density at radius 1 is 1.38 bits per heavy atom. The number of guanidine groups is 1. The van der Waals surface area contributed by atoms with E-state index in [-0.39, 0.29) is 24.0 Å². The van der Waals surface area contributed by atoms with Crippen LogP contribution in [0.3, 0.4) is 0 Å². The lowest BCUT2D eigenvalue weighted by Crippen LogP contribution is -2.38. The Hall–Kier alpha value is -1.58. The van der Waals surface area contributed by atoms with Crippen LogP contribution in [0.25, 0.3) is 0 Å². The predicted octanol–water partition coefficient (Wildman–Crippen LogP) is 1.29. The van der Waals surface area contributed by atoms with Crippen LogP contribution in [0.15, 0.2) is 40.2 Å². The van der Waals surface area contributed by atoms with Crippen molar-refractivity contribution in [3.8, 4) is 0 Å². The number of hydrogen-bond donors (Lipinski definition) is 2. The molecule has 0 spiro atoms. The lowest BCUT2D eigenvalue weighted by atomic mass is 10.3. The van der Waals surface area contributed by atoms with Gasteiger partial charge in [0.25, 0.3) is 0 Å². The number of nitrogens with one attached hydrogen (secondary N) is 2. The van der Waals surface area contributed by atoms with E-state index in [2.05, 4.69) is 25.9 Å². The van der Waals surface area contributed by atoms with Gasteiger partial charge in [-0.3, -0.25) is 9.67 Å². The van der Waals surface area contributed by atoms with Crippen LogP contribution in [0, 0.1) is 0 Å². The minimum Gasteiger partial charge on any atom is -0.469 e. The van der Waals surface area contributed by atoms with Gasteiger partial charge in [-0.05, 0) is 18.6 Å². The Labute approximate surface area is 141 Å². The van der Waals surface area contributed by atoms with Gasteiger partial charge in [0.15, 0.2) is 5.96 Å². The quantitative estimate of drug-likeness (QED) is 0.315. The van der Waals surface area contributed by atoms with Crippen LogP contribution < -0.4 is 10.6 Å². The molecule has 0 atom stereocenters. The van der Waals surface area contributed by atoms with Crippen LogP contribution in [0.1, 0.15) is 12.2 Å². The highest BCUT2D eigenvalue weighted by molar-refractivity contribution is 14.0. The maximum Gasteiger partial charge on any atom is 0.190 e. The van der Waals surface area contributed by atoms with Gasteiger partial charge in [-0.25, -0.2) is 0 Å². The first-order valence-electron chi connectivity index (χ1n) is 6.69. The number of furan rings is 1. The summed E-state index contributed by atoms with van der Waals surface area (Å²) in [6.07, 6.45) is 7.03. The van der Waals surface area contributed by atoms with Crippen LogP contribution in [0.4, 0.5) is 0 Å². The summed E-state index contributed by atoms with van der Waals surface area (Å²) in [5.41, 5.74) is 0. The summed E-state index contributed by atoms with van der Waals surface area (Å²) in [7, 11) is 1.76. The summed E-state index contributed by atoms with van der Waals surface area (Å²) in [5.74, 6) is 1.77. The van der Waals surface area contributed by atoms with E-state index in [1.54, 1.807) is 19.5 Å². The van der Waals surface area contributed by atoms with Crippen molar-refractivity contribution in [3.63, 3.8) is 0 Å². The van der Waals surface area contributed by atoms with Gasteiger partial charge in [-0.1, -0.05) is 5.21 Å². The molecule has 116 valence electrons. The Morgan fingerprint density at radius 2 is 2.24 bits per heavy atom. The molecule has 0 bridgehead atoms. The van der Waals surface area contributed by atoms with Gasteiger partial charge >= 0.3 is 0 Å². The lowest BCUT2D eigenvalue weighted by Gasteiger charge is -2.11. The van der Waals surface area contributed by atoms with Crippen molar-refractivity contribution in [2.24, 2.45) is 4.99 Å². The Morgan fingerprint density at radius 3 is 2.90 bits per heavy atom. The third kappa shape index (κ3) is 6.61. The second kappa shape index (κ2) is 10.2. The molecule has 2 N–H and O–H groups in total. The number of nitrogens with zero attached hydrogens (tertiary/aromatic N) is 4. The topological polar surface area (TPSA) is 80.3 Å². The van der Waals surface area contributed by atoms with Gasteiger partial charge in [0, 0.05) is 39.3 Å². The molecule has 0 saturated carbocycles. The molecule has 0 aliphatic heterocycles. The van der Waals surface area contributed by atoms with Crippen molar-refractivity contribution in [2.45, 2.75) is 19.4 Å². The molecule has 21 heavy (non-hydrogen) atoms. The highest BCUT2D eigenvalue weighted by Gasteiger charge is 1.99.